The number of aromatic nitrogens is 4. The molecule has 9 N–H and O–H groups in total. The normalized spacial score (nSPS) is 24.7. The molecule has 2 aromatic heterocycles. The van der Waals surface area contributed by atoms with Gasteiger partial charge in [-0.15, -0.1) is 0 Å². The topological polar surface area (TPSA) is 212 Å². The lowest BCUT2D eigenvalue weighted by Crippen LogP contribution is -2.26. The number of ether oxygens (including phenoxy) is 1. The number of fused-ring (bicyclic) bond motifs is 1. The smallest absolute Gasteiger partial charge is 0.354 e. The third kappa shape index (κ3) is 3.27. The number of hydrogen-bond acceptors (Lipinski definition) is 8. The Hall–Kier alpha value is -1.82. The molecule has 13 heteroatoms. The predicted molar refractivity (Wildman–Crippen MR) is 78.9 cm³/mol. The van der Waals surface area contributed by atoms with Crippen molar-refractivity contribution in [3.8, 4) is 0 Å². The minimum absolute atomic E-state index is 0. The molecule has 0 amide bonds. The molecule has 3 atom stereocenters. The molecular formula is C10H17N6O6P. The van der Waals surface area contributed by atoms with E-state index >= 15 is 0 Å². The summed E-state index contributed by atoms with van der Waals surface area (Å²) in [6, 6.07) is 0. The highest BCUT2D eigenvalue weighted by molar-refractivity contribution is 7.52. The van der Waals surface area contributed by atoms with E-state index in [0.717, 1.165) is 0 Å². The average molecular weight is 348 g/mol. The van der Waals surface area contributed by atoms with Crippen molar-refractivity contribution in [2.45, 2.75) is 31.0 Å². The fraction of sp³-hybridized carbons (Fsp3) is 0.500. The van der Waals surface area contributed by atoms with Crippen molar-refractivity contribution in [2.75, 3.05) is 5.73 Å². The monoisotopic (exact) mass is 348 g/mol. The molecule has 23 heavy (non-hydrogen) atoms. The number of nitrogen functional groups attached to an aromatic ring is 1. The van der Waals surface area contributed by atoms with E-state index in [-0.39, 0.29) is 36.2 Å². The molecule has 2 aromatic rings. The Bertz CT molecular complexity index is 814. The molecular weight excluding hydrogens is 331 g/mol. The molecule has 3 rings (SSSR count). The van der Waals surface area contributed by atoms with Crippen LogP contribution in [0.1, 0.15) is 6.42 Å². The molecule has 0 spiro atoms. The zero-order valence-corrected chi connectivity index (χ0v) is 12.8. The number of nitrogens with one attached hydrogen (secondary N) is 1. The summed E-state index contributed by atoms with van der Waals surface area (Å²) in [5, 5.41) is 9.89. The second kappa shape index (κ2) is 6.00. The summed E-state index contributed by atoms with van der Waals surface area (Å²) >= 11 is 0. The van der Waals surface area contributed by atoms with Crippen molar-refractivity contribution in [2.24, 2.45) is 0 Å². The molecule has 1 aliphatic heterocycles. The average Bonchev–Trinajstić information content (AvgIpc) is 2.95. The van der Waals surface area contributed by atoms with Gasteiger partial charge >= 0.3 is 7.60 Å². The number of aliphatic hydroxyl groups excluding tert-OH is 1. The minimum Gasteiger partial charge on any atom is -0.390 e. The van der Waals surface area contributed by atoms with Crippen LogP contribution in [0.25, 0.3) is 11.2 Å². The van der Waals surface area contributed by atoms with Gasteiger partial charge in [-0.3, -0.25) is 14.3 Å². The number of nitrogens with zero attached hydrogens (tertiary/aromatic N) is 3. The molecule has 0 unspecified atom stereocenters. The molecule has 12 nitrogen and oxygen atoms in total. The molecule has 0 saturated carbocycles. The second-order valence-corrected chi connectivity index (χ2v) is 6.80. The van der Waals surface area contributed by atoms with Gasteiger partial charge in [0.05, 0.1) is 19.0 Å². The lowest BCUT2D eigenvalue weighted by atomic mass is 10.2. The maximum atomic E-state index is 11.7. The molecule has 1 aliphatic rings. The van der Waals surface area contributed by atoms with E-state index in [0.29, 0.717) is 0 Å². The largest absolute Gasteiger partial charge is 0.390 e. The lowest BCUT2D eigenvalue weighted by molar-refractivity contribution is 0.0163. The van der Waals surface area contributed by atoms with E-state index < -0.39 is 31.2 Å². The van der Waals surface area contributed by atoms with Crippen LogP contribution in [0.5, 0.6) is 0 Å². The van der Waals surface area contributed by atoms with E-state index in [1.807, 2.05) is 0 Å². The maximum Gasteiger partial charge on any atom is 0.354 e. The predicted octanol–water partition coefficient (Wildman–Crippen LogP) is -1.48. The van der Waals surface area contributed by atoms with Crippen LogP contribution in [-0.2, 0) is 15.8 Å². The Kier molecular flexibility index (Phi) is 4.57. The fourth-order valence-electron chi connectivity index (χ4n) is 2.39. The highest BCUT2D eigenvalue weighted by Gasteiger charge is 2.43. The van der Waals surface area contributed by atoms with E-state index in [4.69, 9.17) is 20.3 Å². The van der Waals surface area contributed by atoms with Crippen molar-refractivity contribution < 1.29 is 24.2 Å². The van der Waals surface area contributed by atoms with Gasteiger partial charge in [-0.1, -0.05) is 0 Å². The van der Waals surface area contributed by atoms with Gasteiger partial charge < -0.3 is 36.1 Å². The van der Waals surface area contributed by atoms with Gasteiger partial charge in [0.1, 0.15) is 6.10 Å². The van der Waals surface area contributed by atoms with Crippen molar-refractivity contribution in [1.29, 1.82) is 0 Å². The Balaban J connectivity index is 0.00000192. The summed E-state index contributed by atoms with van der Waals surface area (Å²) in [5.74, 6) is -1.43. The number of anilines is 1. The van der Waals surface area contributed by atoms with Crippen LogP contribution in [0.2, 0.25) is 0 Å². The molecule has 128 valence electrons. The summed E-state index contributed by atoms with van der Waals surface area (Å²) in [6.45, 7) is 0.0318. The number of nitrogens with two attached hydrogens (primary N) is 1. The lowest BCUT2D eigenvalue weighted by Gasteiger charge is -2.16. The molecule has 1 fully saturated rings. The van der Waals surface area contributed by atoms with Crippen LogP contribution in [0.15, 0.2) is 11.1 Å². The molecule has 0 aromatic carbocycles. The number of aliphatic hydroxyl groups is 1. The molecule has 0 aliphatic carbocycles. The summed E-state index contributed by atoms with van der Waals surface area (Å²) in [7, 11) is -4.44. The fourth-order valence-corrected chi connectivity index (χ4v) is 3.19. The first-order chi connectivity index (χ1) is 10.3. The zero-order chi connectivity index (χ0) is 16.1. The number of hydrogen-bond donors (Lipinski definition) is 6. The Labute approximate surface area is 129 Å². The van der Waals surface area contributed by atoms with Gasteiger partial charge in [0.2, 0.25) is 5.95 Å². The van der Waals surface area contributed by atoms with Gasteiger partial charge in [0.15, 0.2) is 17.0 Å². The Morgan fingerprint density at radius 3 is 2.83 bits per heavy atom. The van der Waals surface area contributed by atoms with Crippen LogP contribution in [0.4, 0.5) is 5.95 Å². The maximum absolute atomic E-state index is 11.7. The van der Waals surface area contributed by atoms with E-state index in [9.17, 15) is 14.5 Å². The van der Waals surface area contributed by atoms with E-state index in [1.54, 1.807) is 0 Å². The van der Waals surface area contributed by atoms with Crippen LogP contribution >= 0.6 is 7.60 Å². The van der Waals surface area contributed by atoms with Crippen LogP contribution < -0.4 is 17.4 Å². The summed E-state index contributed by atoms with van der Waals surface area (Å²) in [6.07, 6.45) is -0.739. The summed E-state index contributed by atoms with van der Waals surface area (Å²) in [4.78, 5) is 40.0. The molecule has 3 heterocycles. The summed E-state index contributed by atoms with van der Waals surface area (Å²) in [5.41, 5.74) is 5.26. The first-order valence-electron chi connectivity index (χ1n) is 6.35. The number of H-pyrrole nitrogens is 1. The molecule has 1 saturated heterocycles. The molecule has 0 bridgehead atoms. The van der Waals surface area contributed by atoms with Gasteiger partial charge in [0, 0.05) is 6.42 Å². The standard InChI is InChI=1S/C10H14N5O6P.H3N/c11-10-13-8-7(9(17)14-10)12-3-15(8)2-5-4(16)1-6(21-5)22(18,19)20;/h3-6,16H,1-2H2,(H2,18,19,20)(H3,11,13,14,17);1H3/t4-,5+,6+;/m0./s1. The Morgan fingerprint density at radius 1 is 1.52 bits per heavy atom. The first-order valence-corrected chi connectivity index (χ1v) is 8.03. The quantitative estimate of drug-likeness (QED) is 0.354. The minimum atomic E-state index is -4.44. The van der Waals surface area contributed by atoms with Crippen molar-refractivity contribution in [3.05, 3.63) is 16.7 Å². The third-order valence-electron chi connectivity index (χ3n) is 3.45. The van der Waals surface area contributed by atoms with Crippen molar-refractivity contribution in [1.82, 2.24) is 25.7 Å². The van der Waals surface area contributed by atoms with E-state index in [2.05, 4.69) is 15.0 Å². The highest BCUT2D eigenvalue weighted by atomic mass is 31.2. The van der Waals surface area contributed by atoms with Crippen molar-refractivity contribution >= 4 is 24.7 Å². The SMILES string of the molecule is N.Nc1nc2c(ncn2C[C@H]2O[C@H](P(=O)(O)O)C[C@@H]2O)c(=O)[nH]1. The van der Waals surface area contributed by atoms with Gasteiger partial charge in [0.25, 0.3) is 5.56 Å². The van der Waals surface area contributed by atoms with Gasteiger partial charge in [-0.05, 0) is 0 Å². The zero-order valence-electron chi connectivity index (χ0n) is 11.9. The molecule has 0 radical (unpaired) electrons. The van der Waals surface area contributed by atoms with Crippen LogP contribution in [-0.4, -0.2) is 52.5 Å². The second-order valence-electron chi connectivity index (χ2n) is 5.04. The summed E-state index contributed by atoms with van der Waals surface area (Å²) < 4.78 is 17.8. The number of aromatic amines is 1. The number of rotatable bonds is 3. The van der Waals surface area contributed by atoms with Crippen LogP contribution in [0.3, 0.4) is 0 Å². The third-order valence-corrected chi connectivity index (χ3v) is 4.53. The number of imidazole rings is 1. The van der Waals surface area contributed by atoms with Crippen molar-refractivity contribution in [3.63, 3.8) is 0 Å². The first kappa shape index (κ1) is 17.5. The Morgan fingerprint density at radius 2 is 2.22 bits per heavy atom. The highest BCUT2D eigenvalue weighted by Crippen LogP contribution is 2.48. The van der Waals surface area contributed by atoms with Gasteiger partial charge in [-0.25, -0.2) is 4.98 Å². The van der Waals surface area contributed by atoms with Crippen LogP contribution in [0, 0.1) is 0 Å². The van der Waals surface area contributed by atoms with Gasteiger partial charge in [-0.2, -0.15) is 4.98 Å². The van der Waals surface area contributed by atoms with E-state index in [1.165, 1.54) is 10.9 Å².